The third-order valence-corrected chi connectivity index (χ3v) is 4.93. The van der Waals surface area contributed by atoms with E-state index in [2.05, 4.69) is 20.7 Å². The van der Waals surface area contributed by atoms with Crippen LogP contribution in [0.1, 0.15) is 16.8 Å². The summed E-state index contributed by atoms with van der Waals surface area (Å²) >= 11 is 3.22. The van der Waals surface area contributed by atoms with Gasteiger partial charge in [0.1, 0.15) is 5.25 Å². The van der Waals surface area contributed by atoms with Gasteiger partial charge in [0.15, 0.2) is 0 Å². The second kappa shape index (κ2) is 5.72. The number of benzene rings is 1. The molecule has 1 aromatic carbocycles. The van der Waals surface area contributed by atoms with Crippen LogP contribution in [0.25, 0.3) is 0 Å². The quantitative estimate of drug-likeness (QED) is 0.588. The lowest BCUT2D eigenvalue weighted by atomic mass is 10.2. The lowest BCUT2D eigenvalue weighted by molar-refractivity contribution is -0.117. The molecule has 1 atom stereocenters. The van der Waals surface area contributed by atoms with Gasteiger partial charge in [-0.25, -0.2) is 4.79 Å². The minimum atomic E-state index is -4.79. The molecule has 1 saturated heterocycles. The van der Waals surface area contributed by atoms with E-state index in [0.717, 1.165) is 4.90 Å². The highest BCUT2D eigenvalue weighted by molar-refractivity contribution is 9.10. The highest BCUT2D eigenvalue weighted by Crippen LogP contribution is 2.32. The average molecular weight is 380 g/mol. The van der Waals surface area contributed by atoms with Gasteiger partial charge in [0.25, 0.3) is 0 Å². The van der Waals surface area contributed by atoms with E-state index in [4.69, 9.17) is 0 Å². The molecule has 1 heterocycles. The van der Waals surface area contributed by atoms with E-state index < -0.39 is 33.8 Å². The van der Waals surface area contributed by atoms with Crippen LogP contribution in [0.15, 0.2) is 22.7 Å². The highest BCUT2D eigenvalue weighted by atomic mass is 79.9. The highest BCUT2D eigenvalue weighted by Gasteiger charge is 2.39. The van der Waals surface area contributed by atoms with Crippen LogP contribution in [0.5, 0.6) is 0 Å². The molecule has 0 spiro atoms. The van der Waals surface area contributed by atoms with Gasteiger partial charge in [0.05, 0.1) is 18.4 Å². The number of halogens is 2. The van der Waals surface area contributed by atoms with Crippen molar-refractivity contribution in [3.8, 4) is 0 Å². The molecule has 0 bridgehead atoms. The third kappa shape index (κ3) is 3.24. The molecule has 1 aromatic rings. The number of methoxy groups -OCH3 is 1. The van der Waals surface area contributed by atoms with Gasteiger partial charge in [-0.2, -0.15) is 8.42 Å². The van der Waals surface area contributed by atoms with Gasteiger partial charge in [-0.05, 0) is 34.1 Å². The summed E-state index contributed by atoms with van der Waals surface area (Å²) in [6.45, 7) is -0.291. The Labute approximate surface area is 129 Å². The number of hydrogen-bond acceptors (Lipinski definition) is 5. The number of hydrogen-bond donors (Lipinski definition) is 0. The van der Waals surface area contributed by atoms with E-state index in [9.17, 15) is 21.9 Å². The molecule has 0 aliphatic carbocycles. The topological polar surface area (TPSA) is 80.8 Å². The number of rotatable bonds is 3. The molecule has 6 nitrogen and oxygen atoms in total. The summed E-state index contributed by atoms with van der Waals surface area (Å²) in [5, 5.41) is -1.39. The van der Waals surface area contributed by atoms with Crippen molar-refractivity contribution in [1.29, 1.82) is 0 Å². The molecule has 1 aliphatic rings. The van der Waals surface area contributed by atoms with Gasteiger partial charge in [0.2, 0.25) is 5.91 Å². The van der Waals surface area contributed by atoms with Crippen molar-refractivity contribution in [2.45, 2.75) is 11.7 Å². The van der Waals surface area contributed by atoms with E-state index in [1.165, 1.54) is 25.3 Å². The largest absolute Gasteiger partial charge is 0.465 e. The van der Waals surface area contributed by atoms with Crippen molar-refractivity contribution < 1.29 is 26.6 Å². The second-order valence-corrected chi connectivity index (χ2v) is 6.94. The summed E-state index contributed by atoms with van der Waals surface area (Å²) in [5.41, 5.74) is 0.504. The smallest absolute Gasteiger partial charge is 0.337 e. The number of esters is 1. The monoisotopic (exact) mass is 379 g/mol. The summed E-state index contributed by atoms with van der Waals surface area (Å²) in [4.78, 5) is 24.5. The van der Waals surface area contributed by atoms with Crippen molar-refractivity contribution in [2.75, 3.05) is 18.6 Å². The molecule has 0 saturated carbocycles. The first-order valence-electron chi connectivity index (χ1n) is 5.85. The zero-order valence-electron chi connectivity index (χ0n) is 10.9. The van der Waals surface area contributed by atoms with Crippen molar-refractivity contribution in [3.63, 3.8) is 0 Å². The maximum absolute atomic E-state index is 13.0. The Kier molecular flexibility index (Phi) is 4.33. The maximum Gasteiger partial charge on any atom is 0.337 e. The molecule has 1 fully saturated rings. The summed E-state index contributed by atoms with van der Waals surface area (Å²) in [5.74, 6) is -1.12. The molecule has 1 amide bonds. The Balaban J connectivity index is 2.38. The molecule has 9 heteroatoms. The second-order valence-electron chi connectivity index (χ2n) is 4.46. The fourth-order valence-electron chi connectivity index (χ4n) is 2.06. The molecule has 1 aliphatic heterocycles. The number of ether oxygens (including phenoxy) is 1. The Bertz CT molecular complexity index is 706. The predicted molar refractivity (Wildman–Crippen MR) is 76.3 cm³/mol. The van der Waals surface area contributed by atoms with E-state index in [1.54, 1.807) is 0 Å². The first-order valence-corrected chi connectivity index (χ1v) is 8.09. The standard InChI is InChI=1S/C12H11BrFNO5S/c1-20-12(17)7-2-3-9(13)10(4-7)15-6-8(5-11(15)16)21(14,18)19/h2-4,8H,5-6H2,1H3. The lowest BCUT2D eigenvalue weighted by Gasteiger charge is -2.18. The minimum Gasteiger partial charge on any atom is -0.465 e. The molecule has 1 unspecified atom stereocenters. The van der Waals surface area contributed by atoms with Crippen molar-refractivity contribution >= 4 is 43.7 Å². The zero-order valence-corrected chi connectivity index (χ0v) is 13.3. The number of anilines is 1. The third-order valence-electron chi connectivity index (χ3n) is 3.15. The van der Waals surface area contributed by atoms with Crippen molar-refractivity contribution in [1.82, 2.24) is 0 Å². The summed E-state index contributed by atoms with van der Waals surface area (Å²) in [6.07, 6.45) is -0.423. The van der Waals surface area contributed by atoms with Gasteiger partial charge in [-0.15, -0.1) is 3.89 Å². The van der Waals surface area contributed by atoms with Crippen LogP contribution >= 0.6 is 15.9 Å². The summed E-state index contributed by atoms with van der Waals surface area (Å²) in [7, 11) is -3.57. The van der Waals surface area contributed by atoms with E-state index in [0.29, 0.717) is 10.2 Å². The van der Waals surface area contributed by atoms with Crippen LogP contribution in [0.4, 0.5) is 9.57 Å². The molecule has 0 aromatic heterocycles. The molecule has 114 valence electrons. The van der Waals surface area contributed by atoms with Gasteiger partial charge in [-0.1, -0.05) is 0 Å². The van der Waals surface area contributed by atoms with Crippen molar-refractivity contribution in [3.05, 3.63) is 28.2 Å². The fraction of sp³-hybridized carbons (Fsp3) is 0.333. The number of amides is 1. The zero-order chi connectivity index (χ0) is 15.8. The normalized spacial score (nSPS) is 18.9. The number of nitrogens with zero attached hydrogens (tertiary/aromatic N) is 1. The lowest BCUT2D eigenvalue weighted by Crippen LogP contribution is -2.27. The van der Waals surface area contributed by atoms with Crippen LogP contribution in [0.2, 0.25) is 0 Å². The first-order chi connectivity index (χ1) is 9.74. The molecular weight excluding hydrogens is 369 g/mol. The number of carbonyl (C=O) groups excluding carboxylic acids is 2. The van der Waals surface area contributed by atoms with Crippen LogP contribution in [-0.2, 0) is 19.8 Å². The van der Waals surface area contributed by atoms with Crippen molar-refractivity contribution in [2.24, 2.45) is 0 Å². The molecule has 21 heavy (non-hydrogen) atoms. The van der Waals surface area contributed by atoms with Crippen LogP contribution < -0.4 is 4.90 Å². The Hall–Kier alpha value is -1.48. The first kappa shape index (κ1) is 15.9. The van der Waals surface area contributed by atoms with E-state index in [1.807, 2.05) is 0 Å². The fourth-order valence-corrected chi connectivity index (χ4v) is 3.19. The Morgan fingerprint density at radius 2 is 2.14 bits per heavy atom. The van der Waals surface area contributed by atoms with E-state index >= 15 is 0 Å². The summed E-state index contributed by atoms with van der Waals surface area (Å²) in [6, 6.07) is 4.41. The average Bonchev–Trinajstić information content (AvgIpc) is 2.80. The van der Waals surface area contributed by atoms with Crippen LogP contribution in [-0.4, -0.2) is 39.2 Å². The molecule has 0 N–H and O–H groups in total. The molecule has 2 rings (SSSR count). The number of carbonyl (C=O) groups is 2. The minimum absolute atomic E-state index is 0.204. The molecule has 0 radical (unpaired) electrons. The van der Waals surface area contributed by atoms with Gasteiger partial charge >= 0.3 is 16.2 Å². The molecular formula is C12H11BrFNO5S. The maximum atomic E-state index is 13.0. The summed E-state index contributed by atoms with van der Waals surface area (Å²) < 4.78 is 40.0. The van der Waals surface area contributed by atoms with Crippen LogP contribution in [0.3, 0.4) is 0 Å². The van der Waals surface area contributed by atoms with Crippen LogP contribution in [0, 0.1) is 0 Å². The van der Waals surface area contributed by atoms with E-state index in [-0.39, 0.29) is 12.1 Å². The SMILES string of the molecule is COC(=O)c1ccc(Br)c(N2CC(S(=O)(=O)F)CC2=O)c1. The van der Waals surface area contributed by atoms with Gasteiger partial charge in [0, 0.05) is 17.4 Å². The Morgan fingerprint density at radius 1 is 1.48 bits per heavy atom. The van der Waals surface area contributed by atoms with Gasteiger partial charge < -0.3 is 9.64 Å². The Morgan fingerprint density at radius 3 is 2.67 bits per heavy atom. The van der Waals surface area contributed by atoms with Gasteiger partial charge in [-0.3, -0.25) is 4.79 Å². The predicted octanol–water partition coefficient (Wildman–Crippen LogP) is 1.64.